The van der Waals surface area contributed by atoms with E-state index >= 15 is 0 Å². The molecule has 2 rings (SSSR count). The summed E-state index contributed by atoms with van der Waals surface area (Å²) < 4.78 is 14.0. The zero-order chi connectivity index (χ0) is 15.9. The second-order valence-corrected chi connectivity index (χ2v) is 5.83. The second kappa shape index (κ2) is 8.10. The van der Waals surface area contributed by atoms with Crippen LogP contribution in [0.15, 0.2) is 23.2 Å². The Bertz CT molecular complexity index is 703. The largest absolute Gasteiger partial charge is 0.492 e. The molecule has 0 spiro atoms. The first-order valence-electron chi connectivity index (χ1n) is 7.52. The van der Waals surface area contributed by atoms with Gasteiger partial charge >= 0.3 is 0 Å². The van der Waals surface area contributed by atoms with Crippen LogP contribution in [-0.2, 0) is 16.1 Å². The molecule has 1 aromatic heterocycles. The fraction of sp³-hybridized carbons (Fsp3) is 0.500. The standard InChI is InChI=1S/C16H22N2O3S/c1-4-7-14(19)17-16-18(10-11-20-3)15-12(21-5-2)8-6-9-13(15)22-16/h6,8-9H,4-5,7,10-11H2,1-3H3. The fourth-order valence-corrected chi connectivity index (χ4v) is 3.31. The number of fused-ring (bicyclic) bond motifs is 1. The van der Waals surface area contributed by atoms with Gasteiger partial charge in [0, 0.05) is 20.1 Å². The third kappa shape index (κ3) is 3.75. The topological polar surface area (TPSA) is 52.8 Å². The summed E-state index contributed by atoms with van der Waals surface area (Å²) in [6, 6.07) is 5.93. The Balaban J connectivity index is 2.60. The van der Waals surface area contributed by atoms with Crippen LogP contribution in [0.25, 0.3) is 10.2 Å². The van der Waals surface area contributed by atoms with Crippen molar-refractivity contribution < 1.29 is 14.3 Å². The van der Waals surface area contributed by atoms with Crippen LogP contribution in [0.3, 0.4) is 0 Å². The van der Waals surface area contributed by atoms with Gasteiger partial charge in [0.05, 0.1) is 17.9 Å². The van der Waals surface area contributed by atoms with E-state index in [9.17, 15) is 4.79 Å². The summed E-state index contributed by atoms with van der Waals surface area (Å²) in [6.45, 7) is 5.73. The lowest BCUT2D eigenvalue weighted by Gasteiger charge is -2.09. The Labute approximate surface area is 134 Å². The summed E-state index contributed by atoms with van der Waals surface area (Å²) in [4.78, 5) is 16.9. The molecule has 1 amide bonds. The Kier molecular flexibility index (Phi) is 6.15. The number of rotatable bonds is 7. The Morgan fingerprint density at radius 3 is 2.86 bits per heavy atom. The van der Waals surface area contributed by atoms with Gasteiger partial charge in [0.15, 0.2) is 4.80 Å². The molecule has 2 aromatic rings. The molecule has 1 heterocycles. The summed E-state index contributed by atoms with van der Waals surface area (Å²) in [5, 5.41) is 0. The van der Waals surface area contributed by atoms with Crippen LogP contribution in [0, 0.1) is 0 Å². The first kappa shape index (κ1) is 16.7. The van der Waals surface area contributed by atoms with Crippen LogP contribution in [-0.4, -0.2) is 30.8 Å². The molecule has 0 unspecified atom stereocenters. The number of carbonyl (C=O) groups is 1. The number of aromatic nitrogens is 1. The highest BCUT2D eigenvalue weighted by atomic mass is 32.1. The maximum atomic E-state index is 11.9. The van der Waals surface area contributed by atoms with Crippen LogP contribution in [0.2, 0.25) is 0 Å². The smallest absolute Gasteiger partial charge is 0.248 e. The van der Waals surface area contributed by atoms with Crippen molar-refractivity contribution in [1.82, 2.24) is 4.57 Å². The van der Waals surface area contributed by atoms with Crippen LogP contribution < -0.4 is 9.54 Å². The number of nitrogens with zero attached hydrogens (tertiary/aromatic N) is 2. The highest BCUT2D eigenvalue weighted by Crippen LogP contribution is 2.27. The van der Waals surface area contributed by atoms with Gasteiger partial charge in [0.2, 0.25) is 5.91 Å². The van der Waals surface area contributed by atoms with E-state index in [1.165, 1.54) is 11.3 Å². The molecule has 0 aliphatic carbocycles. The van der Waals surface area contributed by atoms with E-state index in [-0.39, 0.29) is 5.91 Å². The minimum atomic E-state index is -0.0850. The average molecular weight is 322 g/mol. The highest BCUT2D eigenvalue weighted by Gasteiger charge is 2.12. The van der Waals surface area contributed by atoms with Gasteiger partial charge < -0.3 is 14.0 Å². The Hall–Kier alpha value is -1.66. The van der Waals surface area contributed by atoms with Crippen molar-refractivity contribution in [2.24, 2.45) is 4.99 Å². The van der Waals surface area contributed by atoms with Gasteiger partial charge in [-0.05, 0) is 25.5 Å². The third-order valence-corrected chi connectivity index (χ3v) is 4.21. The van der Waals surface area contributed by atoms with Gasteiger partial charge in [0.25, 0.3) is 0 Å². The zero-order valence-electron chi connectivity index (χ0n) is 13.3. The summed E-state index contributed by atoms with van der Waals surface area (Å²) >= 11 is 1.51. The molecular weight excluding hydrogens is 300 g/mol. The van der Waals surface area contributed by atoms with Gasteiger partial charge in [-0.2, -0.15) is 4.99 Å². The van der Waals surface area contributed by atoms with Crippen molar-refractivity contribution >= 4 is 27.5 Å². The van der Waals surface area contributed by atoms with Crippen LogP contribution in [0.5, 0.6) is 5.75 Å². The monoisotopic (exact) mass is 322 g/mol. The highest BCUT2D eigenvalue weighted by molar-refractivity contribution is 7.16. The molecule has 0 radical (unpaired) electrons. The van der Waals surface area contributed by atoms with Crippen molar-refractivity contribution in [3.05, 3.63) is 23.0 Å². The van der Waals surface area contributed by atoms with E-state index in [4.69, 9.17) is 9.47 Å². The van der Waals surface area contributed by atoms with E-state index in [1.54, 1.807) is 7.11 Å². The molecule has 0 fully saturated rings. The third-order valence-electron chi connectivity index (χ3n) is 3.17. The van der Waals surface area contributed by atoms with E-state index in [1.807, 2.05) is 36.6 Å². The molecule has 1 aromatic carbocycles. The molecule has 5 nitrogen and oxygen atoms in total. The molecule has 0 bridgehead atoms. The molecule has 22 heavy (non-hydrogen) atoms. The van der Waals surface area contributed by atoms with Gasteiger partial charge in [-0.15, -0.1) is 0 Å². The molecule has 0 saturated carbocycles. The molecule has 0 aliphatic rings. The summed E-state index contributed by atoms with van der Waals surface area (Å²) in [7, 11) is 1.66. The molecule has 6 heteroatoms. The number of carbonyl (C=O) groups excluding carboxylic acids is 1. The molecule has 120 valence electrons. The molecule has 0 N–H and O–H groups in total. The number of thiazole rings is 1. The van der Waals surface area contributed by atoms with Crippen molar-refractivity contribution in [1.29, 1.82) is 0 Å². The number of amides is 1. The lowest BCUT2D eigenvalue weighted by molar-refractivity contribution is -0.118. The number of ether oxygens (including phenoxy) is 2. The first-order chi connectivity index (χ1) is 10.7. The van der Waals surface area contributed by atoms with Gasteiger partial charge in [-0.3, -0.25) is 4.79 Å². The lowest BCUT2D eigenvalue weighted by Crippen LogP contribution is -2.19. The van der Waals surface area contributed by atoms with Crippen LogP contribution >= 0.6 is 11.3 Å². The van der Waals surface area contributed by atoms with Crippen LogP contribution in [0.4, 0.5) is 0 Å². The Morgan fingerprint density at radius 2 is 2.18 bits per heavy atom. The minimum absolute atomic E-state index is 0.0850. The molecule has 0 aliphatic heterocycles. The summed E-state index contributed by atoms with van der Waals surface area (Å²) in [5.74, 6) is 0.731. The SMILES string of the molecule is CCCC(=O)N=c1sc2cccc(OCC)c2n1CCOC. The summed E-state index contributed by atoms with van der Waals surface area (Å²) in [5.41, 5.74) is 0.981. The lowest BCUT2D eigenvalue weighted by atomic mass is 10.3. The van der Waals surface area contributed by atoms with Crippen molar-refractivity contribution in [2.75, 3.05) is 20.3 Å². The minimum Gasteiger partial charge on any atom is -0.492 e. The number of hydrogen-bond donors (Lipinski definition) is 0. The van der Waals surface area contributed by atoms with Crippen molar-refractivity contribution in [3.63, 3.8) is 0 Å². The fourth-order valence-electron chi connectivity index (χ4n) is 2.22. The number of hydrogen-bond acceptors (Lipinski definition) is 4. The normalized spacial score (nSPS) is 12.0. The first-order valence-corrected chi connectivity index (χ1v) is 8.34. The predicted molar refractivity (Wildman–Crippen MR) is 88.3 cm³/mol. The number of benzene rings is 1. The second-order valence-electron chi connectivity index (χ2n) is 4.82. The molecular formula is C16H22N2O3S. The van der Waals surface area contributed by atoms with E-state index in [0.29, 0.717) is 31.0 Å². The zero-order valence-corrected chi connectivity index (χ0v) is 14.1. The van der Waals surface area contributed by atoms with Gasteiger partial charge in [-0.1, -0.05) is 24.3 Å². The maximum Gasteiger partial charge on any atom is 0.248 e. The number of para-hydroxylation sites is 1. The van der Waals surface area contributed by atoms with E-state index < -0.39 is 0 Å². The van der Waals surface area contributed by atoms with Crippen LogP contribution in [0.1, 0.15) is 26.7 Å². The Morgan fingerprint density at radius 1 is 1.36 bits per heavy atom. The average Bonchev–Trinajstić information content (AvgIpc) is 2.84. The maximum absolute atomic E-state index is 11.9. The predicted octanol–water partition coefficient (Wildman–Crippen LogP) is 2.98. The van der Waals surface area contributed by atoms with E-state index in [2.05, 4.69) is 4.99 Å². The van der Waals surface area contributed by atoms with Gasteiger partial charge in [0.1, 0.15) is 11.3 Å². The van der Waals surface area contributed by atoms with Crippen molar-refractivity contribution in [3.8, 4) is 5.75 Å². The summed E-state index contributed by atoms with van der Waals surface area (Å²) in [6.07, 6.45) is 1.27. The molecule has 0 saturated heterocycles. The molecule has 0 atom stereocenters. The van der Waals surface area contributed by atoms with E-state index in [0.717, 1.165) is 22.4 Å². The number of methoxy groups -OCH3 is 1. The van der Waals surface area contributed by atoms with Gasteiger partial charge in [-0.25, -0.2) is 0 Å². The quantitative estimate of drug-likeness (QED) is 0.787. The van der Waals surface area contributed by atoms with Crippen molar-refractivity contribution in [2.45, 2.75) is 33.2 Å².